The Kier molecular flexibility index (Phi) is 8.99. The summed E-state index contributed by atoms with van der Waals surface area (Å²) in [4.78, 5) is 10.2. The Balaban J connectivity index is 0.000000474. The van der Waals surface area contributed by atoms with E-state index in [4.69, 9.17) is 5.11 Å². The van der Waals surface area contributed by atoms with Crippen LogP contribution in [0.3, 0.4) is 0 Å². The van der Waals surface area contributed by atoms with Crippen molar-refractivity contribution in [3.8, 4) is 16.9 Å². The van der Waals surface area contributed by atoms with E-state index >= 15 is 0 Å². The van der Waals surface area contributed by atoms with E-state index in [0.717, 1.165) is 11.1 Å². The minimum atomic E-state index is -0.879. The number of aromatic carboxylic acids is 1. The van der Waals surface area contributed by atoms with Crippen LogP contribution in [0.2, 0.25) is 0 Å². The second-order valence-electron chi connectivity index (χ2n) is 14.4. The van der Waals surface area contributed by atoms with Gasteiger partial charge >= 0.3 is 5.97 Å². The lowest BCUT2D eigenvalue weighted by molar-refractivity contribution is 0.0697. The Hall–Kier alpha value is -3.07. The summed E-state index contributed by atoms with van der Waals surface area (Å²) in [6.07, 6.45) is 0. The first kappa shape index (κ1) is 31.1. The number of carboxylic acids is 1. The van der Waals surface area contributed by atoms with Crippen LogP contribution in [-0.4, -0.2) is 16.2 Å². The first-order valence-electron chi connectivity index (χ1n) is 13.5. The summed E-state index contributed by atoms with van der Waals surface area (Å²) in [5.74, 6) is -0.437. The molecule has 3 nitrogen and oxygen atoms in total. The molecule has 3 rings (SSSR count). The Morgan fingerprint density at radius 1 is 0.579 bits per heavy atom. The monoisotopic (exact) mass is 516 g/mol. The van der Waals surface area contributed by atoms with Crippen molar-refractivity contribution in [1.82, 2.24) is 0 Å². The maximum Gasteiger partial charge on any atom is 0.335 e. The smallest absolute Gasteiger partial charge is 0.335 e. The van der Waals surface area contributed by atoms with Gasteiger partial charge in [-0.2, -0.15) is 0 Å². The minimum Gasteiger partial charge on any atom is -0.507 e. The fourth-order valence-corrected chi connectivity index (χ4v) is 4.40. The van der Waals surface area contributed by atoms with Gasteiger partial charge in [-0.05, 0) is 68.2 Å². The lowest BCUT2D eigenvalue weighted by Crippen LogP contribution is -2.19. The number of hydrogen-bond donors (Lipinski definition) is 2. The molecule has 3 heteroatoms. The molecule has 0 aromatic heterocycles. The van der Waals surface area contributed by atoms with E-state index in [1.807, 2.05) is 0 Å². The standard InChI is InChI=1S/C28H42O.C7H6O2/c1-25(2,3)19-13-14-20(21(17-19)26(4,5)6)18-15-22(27(7,8)9)24(29)23(16-18)28(10,11)12;8-7(9)6-4-2-1-3-5-6/h13-17,29H,1-12H3;1-5H,(H,8,9). The molecule has 38 heavy (non-hydrogen) atoms. The third-order valence-electron chi connectivity index (χ3n) is 6.75. The number of hydrogen-bond acceptors (Lipinski definition) is 2. The maximum atomic E-state index is 11.1. The molecule has 0 spiro atoms. The van der Waals surface area contributed by atoms with Gasteiger partial charge in [0.05, 0.1) is 5.56 Å². The van der Waals surface area contributed by atoms with Crippen molar-refractivity contribution in [1.29, 1.82) is 0 Å². The van der Waals surface area contributed by atoms with Gasteiger partial charge < -0.3 is 10.2 Å². The summed E-state index contributed by atoms with van der Waals surface area (Å²) in [7, 11) is 0. The Labute approximate surface area is 231 Å². The lowest BCUT2D eigenvalue weighted by atomic mass is 9.74. The second-order valence-corrected chi connectivity index (χ2v) is 14.4. The topological polar surface area (TPSA) is 57.5 Å². The number of phenolic OH excluding ortho intramolecular Hbond substituents is 1. The van der Waals surface area contributed by atoms with Gasteiger partial charge in [0.2, 0.25) is 0 Å². The Morgan fingerprint density at radius 2 is 1.03 bits per heavy atom. The number of benzene rings is 3. The van der Waals surface area contributed by atoms with Gasteiger partial charge in [-0.3, -0.25) is 0 Å². The predicted octanol–water partition coefficient (Wildman–Crippen LogP) is 9.63. The molecule has 3 aromatic carbocycles. The van der Waals surface area contributed by atoms with Crippen LogP contribution in [0.1, 0.15) is 116 Å². The van der Waals surface area contributed by atoms with E-state index in [1.54, 1.807) is 30.3 Å². The van der Waals surface area contributed by atoms with Crippen molar-refractivity contribution in [2.24, 2.45) is 0 Å². The first-order valence-corrected chi connectivity index (χ1v) is 13.5. The fourth-order valence-electron chi connectivity index (χ4n) is 4.40. The minimum absolute atomic E-state index is 0.0261. The van der Waals surface area contributed by atoms with Crippen molar-refractivity contribution in [2.75, 3.05) is 0 Å². The highest BCUT2D eigenvalue weighted by Gasteiger charge is 2.29. The molecule has 0 atom stereocenters. The van der Waals surface area contributed by atoms with E-state index < -0.39 is 5.97 Å². The Bertz CT molecular complexity index is 1220. The van der Waals surface area contributed by atoms with Crippen molar-refractivity contribution in [2.45, 2.75) is 105 Å². The number of rotatable bonds is 2. The Morgan fingerprint density at radius 3 is 1.37 bits per heavy atom. The van der Waals surface area contributed by atoms with Gasteiger partial charge in [-0.15, -0.1) is 0 Å². The van der Waals surface area contributed by atoms with E-state index in [0.29, 0.717) is 11.3 Å². The van der Waals surface area contributed by atoms with Crippen LogP contribution in [-0.2, 0) is 21.7 Å². The van der Waals surface area contributed by atoms with Gasteiger partial charge in [0.15, 0.2) is 0 Å². The molecular weight excluding hydrogens is 468 g/mol. The molecule has 0 fully saturated rings. The number of aromatic hydroxyl groups is 1. The van der Waals surface area contributed by atoms with Crippen LogP contribution in [0.4, 0.5) is 0 Å². The van der Waals surface area contributed by atoms with Crippen LogP contribution in [0, 0.1) is 0 Å². The van der Waals surface area contributed by atoms with E-state index in [1.165, 1.54) is 22.3 Å². The van der Waals surface area contributed by atoms with Gasteiger partial charge in [-0.25, -0.2) is 4.79 Å². The molecule has 2 N–H and O–H groups in total. The van der Waals surface area contributed by atoms with Gasteiger partial charge in [0, 0.05) is 11.1 Å². The van der Waals surface area contributed by atoms with E-state index in [-0.39, 0.29) is 21.7 Å². The summed E-state index contributed by atoms with van der Waals surface area (Å²) < 4.78 is 0. The van der Waals surface area contributed by atoms with Crippen molar-refractivity contribution in [3.63, 3.8) is 0 Å². The van der Waals surface area contributed by atoms with E-state index in [9.17, 15) is 9.90 Å². The molecule has 0 amide bonds. The highest BCUT2D eigenvalue weighted by Crippen LogP contribution is 2.44. The van der Waals surface area contributed by atoms with Gasteiger partial charge in [0.25, 0.3) is 0 Å². The molecule has 0 aliphatic carbocycles. The average molecular weight is 517 g/mol. The molecule has 0 aliphatic heterocycles. The SMILES string of the molecule is CC(C)(C)c1ccc(-c2cc(C(C)(C)C)c(O)c(C(C)(C)C)c2)c(C(C)(C)C)c1.O=C(O)c1ccccc1. The van der Waals surface area contributed by atoms with Gasteiger partial charge in [-0.1, -0.05) is 119 Å². The molecule has 0 heterocycles. The van der Waals surface area contributed by atoms with Crippen LogP contribution in [0.15, 0.2) is 60.7 Å². The maximum absolute atomic E-state index is 11.1. The third kappa shape index (κ3) is 7.72. The zero-order chi connectivity index (χ0) is 29.3. The van der Waals surface area contributed by atoms with Crippen molar-refractivity contribution < 1.29 is 15.0 Å². The summed E-state index contributed by atoms with van der Waals surface area (Å²) >= 11 is 0. The predicted molar refractivity (Wildman–Crippen MR) is 162 cm³/mol. The van der Waals surface area contributed by atoms with Crippen molar-refractivity contribution >= 4 is 5.97 Å². The molecular formula is C35H48O3. The largest absolute Gasteiger partial charge is 0.507 e. The molecule has 0 saturated heterocycles. The number of carboxylic acid groups (broad SMARTS) is 1. The third-order valence-corrected chi connectivity index (χ3v) is 6.75. The zero-order valence-electron chi connectivity index (χ0n) is 25.6. The van der Waals surface area contributed by atoms with E-state index in [2.05, 4.69) is 113 Å². The highest BCUT2D eigenvalue weighted by atomic mass is 16.4. The molecule has 3 aromatic rings. The zero-order valence-corrected chi connectivity index (χ0v) is 25.6. The van der Waals surface area contributed by atoms with Crippen LogP contribution in [0.5, 0.6) is 5.75 Å². The lowest BCUT2D eigenvalue weighted by Gasteiger charge is -2.31. The first-order chi connectivity index (χ1) is 17.1. The quantitative estimate of drug-likeness (QED) is 0.356. The highest BCUT2D eigenvalue weighted by molar-refractivity contribution is 5.87. The second kappa shape index (κ2) is 11.0. The number of carbonyl (C=O) groups is 1. The molecule has 0 aliphatic rings. The average Bonchev–Trinajstić information content (AvgIpc) is 2.77. The number of phenols is 1. The summed E-state index contributed by atoms with van der Waals surface area (Å²) in [5, 5.41) is 19.5. The van der Waals surface area contributed by atoms with Crippen LogP contribution < -0.4 is 0 Å². The molecule has 0 unspecified atom stereocenters. The molecule has 206 valence electrons. The summed E-state index contributed by atoms with van der Waals surface area (Å²) in [6, 6.07) is 19.6. The normalized spacial score (nSPS) is 12.5. The van der Waals surface area contributed by atoms with Crippen LogP contribution >= 0.6 is 0 Å². The molecule has 0 radical (unpaired) electrons. The summed E-state index contributed by atoms with van der Waals surface area (Å²) in [6.45, 7) is 26.7. The molecule has 0 saturated carbocycles. The molecule has 0 bridgehead atoms. The summed E-state index contributed by atoms with van der Waals surface area (Å²) in [5.41, 5.74) is 7.41. The fraction of sp³-hybridized carbons (Fsp3) is 0.457. The van der Waals surface area contributed by atoms with Crippen molar-refractivity contribution in [3.05, 3.63) is 88.5 Å². The van der Waals surface area contributed by atoms with Crippen LogP contribution in [0.25, 0.3) is 11.1 Å². The van der Waals surface area contributed by atoms with Gasteiger partial charge in [0.1, 0.15) is 5.75 Å².